The van der Waals surface area contributed by atoms with Crippen LogP contribution in [-0.4, -0.2) is 16.7 Å². The Hall–Kier alpha value is -1.09. The highest BCUT2D eigenvalue weighted by atomic mass is 16.5. The summed E-state index contributed by atoms with van der Waals surface area (Å²) in [6.07, 6.45) is 0.857. The van der Waals surface area contributed by atoms with Crippen LogP contribution in [0, 0.1) is 6.92 Å². The topological polar surface area (TPSA) is 42.4 Å². The maximum Gasteiger partial charge on any atom is 0.137 e. The zero-order valence-electron chi connectivity index (χ0n) is 7.00. The maximum absolute atomic E-state index is 9.37. The molecule has 0 unspecified atom stereocenters. The monoisotopic (exact) mass is 165 g/mol. The van der Waals surface area contributed by atoms with Gasteiger partial charge in [-0.25, -0.2) is 0 Å². The molecule has 12 heavy (non-hydrogen) atoms. The lowest BCUT2D eigenvalue weighted by Crippen LogP contribution is -2.12. The summed E-state index contributed by atoms with van der Waals surface area (Å²) in [6, 6.07) is 1.79. The van der Waals surface area contributed by atoms with E-state index in [0.29, 0.717) is 12.3 Å². The quantitative estimate of drug-likeness (QED) is 0.627. The number of ether oxygens (including phenoxy) is 1. The van der Waals surface area contributed by atoms with E-state index in [-0.39, 0.29) is 5.75 Å². The van der Waals surface area contributed by atoms with Crippen molar-refractivity contribution >= 4 is 0 Å². The van der Waals surface area contributed by atoms with Gasteiger partial charge in [-0.2, -0.15) is 0 Å². The van der Waals surface area contributed by atoms with Crippen LogP contribution in [0.15, 0.2) is 6.07 Å². The lowest BCUT2D eigenvalue weighted by Gasteiger charge is -2.16. The number of hydrogen-bond acceptors (Lipinski definition) is 3. The van der Waals surface area contributed by atoms with E-state index in [9.17, 15) is 5.11 Å². The van der Waals surface area contributed by atoms with E-state index in [0.717, 1.165) is 24.3 Å². The normalized spacial score (nSPS) is 15.8. The molecule has 3 heteroatoms. The summed E-state index contributed by atoms with van der Waals surface area (Å²) in [5.74, 6) is 0.288. The van der Waals surface area contributed by atoms with Gasteiger partial charge in [0.25, 0.3) is 0 Å². The van der Waals surface area contributed by atoms with Gasteiger partial charge in [0.2, 0.25) is 0 Å². The maximum atomic E-state index is 9.37. The van der Waals surface area contributed by atoms with Gasteiger partial charge in [-0.1, -0.05) is 0 Å². The van der Waals surface area contributed by atoms with Crippen LogP contribution in [0.3, 0.4) is 0 Å². The predicted molar refractivity (Wildman–Crippen MR) is 44.0 cm³/mol. The fourth-order valence-corrected chi connectivity index (χ4v) is 1.38. The molecule has 64 valence electrons. The molecule has 0 aromatic carbocycles. The minimum Gasteiger partial charge on any atom is -0.506 e. The molecule has 3 nitrogen and oxygen atoms in total. The molecule has 1 aliphatic rings. The smallest absolute Gasteiger partial charge is 0.137 e. The van der Waals surface area contributed by atoms with Crippen LogP contribution in [-0.2, 0) is 17.8 Å². The van der Waals surface area contributed by atoms with E-state index in [1.807, 2.05) is 0 Å². The second-order valence-corrected chi connectivity index (χ2v) is 3.00. The van der Waals surface area contributed by atoms with Gasteiger partial charge in [-0.15, -0.1) is 0 Å². The molecule has 2 rings (SSSR count). The van der Waals surface area contributed by atoms with Crippen molar-refractivity contribution in [1.29, 1.82) is 0 Å². The van der Waals surface area contributed by atoms with E-state index < -0.39 is 0 Å². The number of fused-ring (bicyclic) bond motifs is 1. The third-order valence-electron chi connectivity index (χ3n) is 2.11. The summed E-state index contributed by atoms with van der Waals surface area (Å²) in [6.45, 7) is 3.11. The second kappa shape index (κ2) is 2.75. The van der Waals surface area contributed by atoms with Crippen LogP contribution < -0.4 is 0 Å². The number of aryl methyl sites for hydroxylation is 1. The average Bonchev–Trinajstić information content (AvgIpc) is 2.07. The average molecular weight is 165 g/mol. The zero-order chi connectivity index (χ0) is 8.55. The van der Waals surface area contributed by atoms with Gasteiger partial charge < -0.3 is 9.84 Å². The lowest BCUT2D eigenvalue weighted by atomic mass is 10.1. The fourth-order valence-electron chi connectivity index (χ4n) is 1.38. The summed E-state index contributed by atoms with van der Waals surface area (Å²) in [7, 11) is 0. The molecule has 0 atom stereocenters. The van der Waals surface area contributed by atoms with Crippen molar-refractivity contribution in [2.75, 3.05) is 6.61 Å². The molecule has 0 fully saturated rings. The van der Waals surface area contributed by atoms with Gasteiger partial charge >= 0.3 is 0 Å². The Bertz CT molecular complexity index is 279. The van der Waals surface area contributed by atoms with E-state index >= 15 is 0 Å². The summed E-state index contributed by atoms with van der Waals surface area (Å²) >= 11 is 0. The molecule has 1 N–H and O–H groups in total. The van der Waals surface area contributed by atoms with Crippen LogP contribution in [0.1, 0.15) is 17.0 Å². The van der Waals surface area contributed by atoms with Crippen molar-refractivity contribution in [1.82, 2.24) is 4.98 Å². The number of pyridine rings is 1. The van der Waals surface area contributed by atoms with Gasteiger partial charge in [0, 0.05) is 0 Å². The molecular formula is C9H11NO2. The number of nitrogens with zero attached hydrogens (tertiary/aromatic N) is 1. The highest BCUT2D eigenvalue weighted by molar-refractivity contribution is 5.34. The van der Waals surface area contributed by atoms with Crippen molar-refractivity contribution < 1.29 is 9.84 Å². The fraction of sp³-hybridized carbons (Fsp3) is 0.444. The van der Waals surface area contributed by atoms with Crippen molar-refractivity contribution in [3.63, 3.8) is 0 Å². The minimum absolute atomic E-state index is 0.288. The summed E-state index contributed by atoms with van der Waals surface area (Å²) < 4.78 is 5.25. The van der Waals surface area contributed by atoms with Gasteiger partial charge in [-0.05, 0) is 25.0 Å². The number of hydrogen-bond donors (Lipinski definition) is 1. The molecule has 0 saturated carbocycles. The third-order valence-corrected chi connectivity index (χ3v) is 2.11. The standard InChI is InChI=1S/C9H11NO2/c1-6-9(11)4-7-2-3-12-5-8(7)10-6/h4,11H,2-3,5H2,1H3. The van der Waals surface area contributed by atoms with Crippen LogP contribution in [0.25, 0.3) is 0 Å². The zero-order valence-corrected chi connectivity index (χ0v) is 7.00. The van der Waals surface area contributed by atoms with Gasteiger partial charge in [0.15, 0.2) is 0 Å². The molecule has 0 spiro atoms. The minimum atomic E-state index is 0.288. The largest absolute Gasteiger partial charge is 0.506 e. The Morgan fingerprint density at radius 2 is 2.42 bits per heavy atom. The first-order valence-corrected chi connectivity index (χ1v) is 4.03. The van der Waals surface area contributed by atoms with Crippen LogP contribution in [0.4, 0.5) is 0 Å². The number of aromatic hydroxyl groups is 1. The molecule has 1 aromatic heterocycles. The number of aromatic nitrogens is 1. The molecule has 0 saturated heterocycles. The van der Waals surface area contributed by atoms with Crippen LogP contribution in [0.2, 0.25) is 0 Å². The van der Waals surface area contributed by atoms with Crippen molar-refractivity contribution in [2.45, 2.75) is 20.0 Å². The molecule has 1 aliphatic heterocycles. The molecule has 0 aliphatic carbocycles. The highest BCUT2D eigenvalue weighted by Crippen LogP contribution is 2.21. The molecule has 0 amide bonds. The SMILES string of the molecule is Cc1nc2c(cc1O)CCOC2. The van der Waals surface area contributed by atoms with Crippen LogP contribution in [0.5, 0.6) is 5.75 Å². The molecule has 2 heterocycles. The summed E-state index contributed by atoms with van der Waals surface area (Å²) in [4.78, 5) is 4.24. The molecule has 0 bridgehead atoms. The Balaban J connectivity index is 2.49. The van der Waals surface area contributed by atoms with E-state index in [4.69, 9.17) is 4.74 Å². The van der Waals surface area contributed by atoms with Crippen molar-refractivity contribution in [3.05, 3.63) is 23.0 Å². The van der Waals surface area contributed by atoms with E-state index in [1.54, 1.807) is 13.0 Å². The first kappa shape index (κ1) is 7.55. The first-order valence-electron chi connectivity index (χ1n) is 4.03. The third kappa shape index (κ3) is 1.16. The Kier molecular flexibility index (Phi) is 1.73. The van der Waals surface area contributed by atoms with Gasteiger partial charge in [0.05, 0.1) is 24.6 Å². The Labute approximate surface area is 71.0 Å². The molecular weight excluding hydrogens is 154 g/mol. The Morgan fingerprint density at radius 3 is 3.25 bits per heavy atom. The molecule has 0 radical (unpaired) electrons. The number of rotatable bonds is 0. The van der Waals surface area contributed by atoms with Gasteiger partial charge in [0.1, 0.15) is 5.75 Å². The second-order valence-electron chi connectivity index (χ2n) is 3.00. The summed E-state index contributed by atoms with van der Waals surface area (Å²) in [5, 5.41) is 9.37. The first-order chi connectivity index (χ1) is 5.77. The lowest BCUT2D eigenvalue weighted by molar-refractivity contribution is 0.107. The highest BCUT2D eigenvalue weighted by Gasteiger charge is 2.12. The van der Waals surface area contributed by atoms with Crippen molar-refractivity contribution in [2.24, 2.45) is 0 Å². The van der Waals surface area contributed by atoms with Gasteiger partial charge in [-0.3, -0.25) is 4.98 Å². The van der Waals surface area contributed by atoms with E-state index in [2.05, 4.69) is 4.98 Å². The summed E-state index contributed by atoms with van der Waals surface area (Å²) in [5.41, 5.74) is 2.76. The predicted octanol–water partition coefficient (Wildman–Crippen LogP) is 1.17. The Morgan fingerprint density at radius 1 is 1.58 bits per heavy atom. The van der Waals surface area contributed by atoms with E-state index in [1.165, 1.54) is 0 Å². The van der Waals surface area contributed by atoms with Crippen LogP contribution >= 0.6 is 0 Å². The molecule has 1 aromatic rings. The van der Waals surface area contributed by atoms with Crippen molar-refractivity contribution in [3.8, 4) is 5.75 Å².